The van der Waals surface area contributed by atoms with E-state index in [1.807, 2.05) is 13.8 Å². The zero-order valence-corrected chi connectivity index (χ0v) is 11.1. The van der Waals surface area contributed by atoms with Crippen molar-refractivity contribution in [2.24, 2.45) is 5.41 Å². The molecule has 16 heavy (non-hydrogen) atoms. The lowest BCUT2D eigenvalue weighted by Gasteiger charge is -2.21. The number of aliphatic hydroxyl groups excluding tert-OH is 1. The Labute approximate surface area is 104 Å². The molecule has 1 rings (SSSR count). The molecule has 0 bridgehead atoms. The lowest BCUT2D eigenvalue weighted by atomic mass is 9.97. The van der Waals surface area contributed by atoms with Gasteiger partial charge < -0.3 is 9.84 Å². The highest BCUT2D eigenvalue weighted by Crippen LogP contribution is 2.20. The minimum atomic E-state index is -0.272. The fourth-order valence-corrected chi connectivity index (χ4v) is 1.59. The molecule has 1 aromatic rings. The van der Waals surface area contributed by atoms with Crippen molar-refractivity contribution in [3.63, 3.8) is 0 Å². The van der Waals surface area contributed by atoms with Gasteiger partial charge in [-0.05, 0) is 17.7 Å². The van der Waals surface area contributed by atoms with E-state index in [4.69, 9.17) is 9.84 Å². The van der Waals surface area contributed by atoms with Crippen LogP contribution in [0.3, 0.4) is 0 Å². The Morgan fingerprint density at radius 3 is 2.69 bits per heavy atom. The summed E-state index contributed by atoms with van der Waals surface area (Å²) in [6, 6.07) is 4.50. The van der Waals surface area contributed by atoms with Gasteiger partial charge in [0.25, 0.3) is 0 Å². The maximum atomic E-state index is 12.8. The summed E-state index contributed by atoms with van der Waals surface area (Å²) in [6.07, 6.45) is 0. The number of benzene rings is 1. The van der Waals surface area contributed by atoms with E-state index in [2.05, 4.69) is 15.9 Å². The van der Waals surface area contributed by atoms with Crippen LogP contribution < -0.4 is 0 Å². The van der Waals surface area contributed by atoms with Crippen LogP contribution in [0.25, 0.3) is 0 Å². The van der Waals surface area contributed by atoms with Gasteiger partial charge in [-0.1, -0.05) is 35.8 Å². The first-order valence-corrected chi connectivity index (χ1v) is 5.86. The van der Waals surface area contributed by atoms with Gasteiger partial charge in [0.2, 0.25) is 0 Å². The van der Waals surface area contributed by atoms with Crippen molar-refractivity contribution >= 4 is 15.9 Å². The Morgan fingerprint density at radius 1 is 1.44 bits per heavy atom. The highest BCUT2D eigenvalue weighted by molar-refractivity contribution is 9.10. The average Bonchev–Trinajstić information content (AvgIpc) is 2.21. The minimum absolute atomic E-state index is 0.0809. The van der Waals surface area contributed by atoms with Gasteiger partial charge in [0, 0.05) is 9.89 Å². The predicted octanol–water partition coefficient (Wildman–Crippen LogP) is 3.12. The van der Waals surface area contributed by atoms with E-state index in [1.54, 1.807) is 6.07 Å². The molecule has 0 aliphatic rings. The fourth-order valence-electron chi connectivity index (χ4n) is 1.12. The number of ether oxygens (including phenoxy) is 1. The van der Waals surface area contributed by atoms with Gasteiger partial charge >= 0.3 is 0 Å². The normalized spacial score (nSPS) is 11.8. The van der Waals surface area contributed by atoms with E-state index in [-0.39, 0.29) is 17.8 Å². The minimum Gasteiger partial charge on any atom is -0.396 e. The molecule has 0 aliphatic heterocycles. The molecule has 0 radical (unpaired) electrons. The molecule has 90 valence electrons. The van der Waals surface area contributed by atoms with Crippen LogP contribution in [0.15, 0.2) is 22.7 Å². The number of rotatable bonds is 5. The Morgan fingerprint density at radius 2 is 2.12 bits per heavy atom. The molecule has 0 saturated carbocycles. The van der Waals surface area contributed by atoms with Crippen molar-refractivity contribution in [3.05, 3.63) is 34.1 Å². The fraction of sp³-hybridized carbons (Fsp3) is 0.500. The van der Waals surface area contributed by atoms with Crippen LogP contribution in [0.1, 0.15) is 19.4 Å². The quantitative estimate of drug-likeness (QED) is 0.903. The number of hydrogen-bond donors (Lipinski definition) is 1. The Hall–Kier alpha value is -0.450. The van der Waals surface area contributed by atoms with Gasteiger partial charge in [-0.15, -0.1) is 0 Å². The van der Waals surface area contributed by atoms with E-state index in [9.17, 15) is 4.39 Å². The molecular formula is C12H16BrFO2. The third-order valence-electron chi connectivity index (χ3n) is 2.19. The summed E-state index contributed by atoms with van der Waals surface area (Å²) in [4.78, 5) is 0. The maximum Gasteiger partial charge on any atom is 0.124 e. The standard InChI is InChI=1S/C12H16BrFO2/c1-12(2,7-15)8-16-6-9-3-4-10(14)5-11(9)13/h3-5,15H,6-8H2,1-2H3. The molecule has 0 fully saturated rings. The van der Waals surface area contributed by atoms with E-state index in [1.165, 1.54) is 12.1 Å². The molecular weight excluding hydrogens is 275 g/mol. The molecule has 1 N–H and O–H groups in total. The molecule has 0 aromatic heterocycles. The molecule has 0 saturated heterocycles. The first-order valence-electron chi connectivity index (χ1n) is 5.07. The molecule has 0 heterocycles. The van der Waals surface area contributed by atoms with E-state index >= 15 is 0 Å². The molecule has 1 aromatic carbocycles. The van der Waals surface area contributed by atoms with Crippen molar-refractivity contribution in [2.75, 3.05) is 13.2 Å². The van der Waals surface area contributed by atoms with Gasteiger partial charge in [0.05, 0.1) is 19.8 Å². The third-order valence-corrected chi connectivity index (χ3v) is 2.93. The van der Waals surface area contributed by atoms with Crippen LogP contribution in [-0.4, -0.2) is 18.3 Å². The summed E-state index contributed by atoms with van der Waals surface area (Å²) in [5.74, 6) is -0.272. The van der Waals surface area contributed by atoms with Gasteiger partial charge in [-0.25, -0.2) is 4.39 Å². The molecule has 4 heteroatoms. The van der Waals surface area contributed by atoms with Crippen LogP contribution in [-0.2, 0) is 11.3 Å². The summed E-state index contributed by atoms with van der Waals surface area (Å²) in [5.41, 5.74) is 0.655. The van der Waals surface area contributed by atoms with Crippen LogP contribution >= 0.6 is 15.9 Å². The van der Waals surface area contributed by atoms with Crippen molar-refractivity contribution < 1.29 is 14.2 Å². The van der Waals surface area contributed by atoms with Crippen molar-refractivity contribution in [3.8, 4) is 0 Å². The second-order valence-electron chi connectivity index (χ2n) is 4.55. The summed E-state index contributed by atoms with van der Waals surface area (Å²) < 4.78 is 19.0. The zero-order chi connectivity index (χ0) is 12.2. The van der Waals surface area contributed by atoms with Crippen molar-refractivity contribution in [1.82, 2.24) is 0 Å². The number of hydrogen-bond acceptors (Lipinski definition) is 2. The predicted molar refractivity (Wildman–Crippen MR) is 64.6 cm³/mol. The lowest BCUT2D eigenvalue weighted by molar-refractivity contribution is 0.0195. The smallest absolute Gasteiger partial charge is 0.124 e. The maximum absolute atomic E-state index is 12.8. The van der Waals surface area contributed by atoms with Crippen LogP contribution in [0.4, 0.5) is 4.39 Å². The highest BCUT2D eigenvalue weighted by atomic mass is 79.9. The van der Waals surface area contributed by atoms with Gasteiger partial charge in [-0.2, -0.15) is 0 Å². The van der Waals surface area contributed by atoms with Crippen LogP contribution in [0.5, 0.6) is 0 Å². The first-order chi connectivity index (χ1) is 7.44. The second kappa shape index (κ2) is 5.75. The van der Waals surface area contributed by atoms with Gasteiger partial charge in [0.1, 0.15) is 5.82 Å². The topological polar surface area (TPSA) is 29.5 Å². The molecule has 0 atom stereocenters. The van der Waals surface area contributed by atoms with Gasteiger partial charge in [-0.3, -0.25) is 0 Å². The average molecular weight is 291 g/mol. The largest absolute Gasteiger partial charge is 0.396 e. The second-order valence-corrected chi connectivity index (χ2v) is 5.41. The van der Waals surface area contributed by atoms with E-state index in [0.717, 1.165) is 5.56 Å². The van der Waals surface area contributed by atoms with Gasteiger partial charge in [0.15, 0.2) is 0 Å². The number of aliphatic hydroxyl groups is 1. The first kappa shape index (κ1) is 13.6. The molecule has 0 amide bonds. The monoisotopic (exact) mass is 290 g/mol. The molecule has 2 nitrogen and oxygen atoms in total. The summed E-state index contributed by atoms with van der Waals surface area (Å²) in [5, 5.41) is 9.04. The van der Waals surface area contributed by atoms with E-state index in [0.29, 0.717) is 17.7 Å². The van der Waals surface area contributed by atoms with Crippen LogP contribution in [0, 0.1) is 11.2 Å². The molecule has 0 aliphatic carbocycles. The Bertz CT molecular complexity index is 353. The lowest BCUT2D eigenvalue weighted by Crippen LogP contribution is -2.23. The summed E-state index contributed by atoms with van der Waals surface area (Å²) in [7, 11) is 0. The molecule has 0 spiro atoms. The summed E-state index contributed by atoms with van der Waals surface area (Å²) >= 11 is 3.28. The Balaban J connectivity index is 2.49. The SMILES string of the molecule is CC(C)(CO)COCc1ccc(F)cc1Br. The van der Waals surface area contributed by atoms with Crippen LogP contribution in [0.2, 0.25) is 0 Å². The Kier molecular flexibility index (Phi) is 4.89. The summed E-state index contributed by atoms with van der Waals surface area (Å²) in [6.45, 7) is 4.80. The highest BCUT2D eigenvalue weighted by Gasteiger charge is 2.16. The molecule has 0 unspecified atom stereocenters. The zero-order valence-electron chi connectivity index (χ0n) is 9.46. The van der Waals surface area contributed by atoms with Crippen molar-refractivity contribution in [2.45, 2.75) is 20.5 Å². The van der Waals surface area contributed by atoms with Crippen molar-refractivity contribution in [1.29, 1.82) is 0 Å². The third kappa shape index (κ3) is 4.20. The number of halogens is 2. The van der Waals surface area contributed by atoms with E-state index < -0.39 is 0 Å².